The second-order valence-corrected chi connectivity index (χ2v) is 5.38. The Labute approximate surface area is 125 Å². The Morgan fingerprint density at radius 1 is 1.45 bits per heavy atom. The summed E-state index contributed by atoms with van der Waals surface area (Å²) in [5.41, 5.74) is 0. The third-order valence-corrected chi connectivity index (χ3v) is 3.75. The Morgan fingerprint density at radius 2 is 2.15 bits per heavy atom. The van der Waals surface area contributed by atoms with E-state index in [1.165, 1.54) is 0 Å². The smallest absolute Gasteiger partial charge is 0.287 e. The van der Waals surface area contributed by atoms with E-state index in [2.05, 4.69) is 21.2 Å². The molecule has 0 aromatic carbocycles. The average molecular weight is 345 g/mol. The van der Waals surface area contributed by atoms with E-state index in [0.717, 1.165) is 12.8 Å². The number of nitrogens with one attached hydrogen (secondary N) is 1. The van der Waals surface area contributed by atoms with Gasteiger partial charge in [0.05, 0.1) is 12.6 Å². The highest BCUT2D eigenvalue weighted by molar-refractivity contribution is 9.10. The minimum atomic E-state index is -0.393. The molecule has 2 amide bonds. The molecule has 20 heavy (non-hydrogen) atoms. The fourth-order valence-corrected chi connectivity index (χ4v) is 2.44. The summed E-state index contributed by atoms with van der Waals surface area (Å²) in [6.45, 7) is 1.31. The minimum absolute atomic E-state index is 0.0190. The third kappa shape index (κ3) is 3.83. The number of furan rings is 1. The van der Waals surface area contributed by atoms with Crippen LogP contribution in [0, 0.1) is 0 Å². The summed E-state index contributed by atoms with van der Waals surface area (Å²) in [5, 5.41) is 2.56. The molecule has 0 aliphatic carbocycles. The molecule has 0 bridgehead atoms. The zero-order valence-corrected chi connectivity index (χ0v) is 12.8. The number of carbonyl (C=O) groups excluding carboxylic acids is 2. The van der Waals surface area contributed by atoms with Crippen molar-refractivity contribution in [1.82, 2.24) is 10.2 Å². The number of piperidine rings is 1. The highest BCUT2D eigenvalue weighted by atomic mass is 79.9. The summed E-state index contributed by atoms with van der Waals surface area (Å²) in [4.78, 5) is 25.4. The normalized spacial score (nSPS) is 16.2. The Kier molecular flexibility index (Phi) is 5.19. The van der Waals surface area contributed by atoms with Gasteiger partial charge in [0.15, 0.2) is 10.4 Å². The van der Waals surface area contributed by atoms with Crippen LogP contribution < -0.4 is 5.32 Å². The van der Waals surface area contributed by atoms with Crippen molar-refractivity contribution in [1.29, 1.82) is 0 Å². The number of halogens is 1. The summed E-state index contributed by atoms with van der Waals surface area (Å²) in [5.74, 6) is -0.294. The molecule has 1 aliphatic rings. The van der Waals surface area contributed by atoms with Crippen molar-refractivity contribution < 1.29 is 18.7 Å². The highest BCUT2D eigenvalue weighted by Crippen LogP contribution is 2.14. The van der Waals surface area contributed by atoms with Crippen LogP contribution in [0.15, 0.2) is 21.2 Å². The number of likely N-dealkylation sites (tertiary alicyclic amines) is 1. The van der Waals surface area contributed by atoms with Gasteiger partial charge in [-0.1, -0.05) is 0 Å². The van der Waals surface area contributed by atoms with Crippen molar-refractivity contribution in [3.05, 3.63) is 22.6 Å². The maximum Gasteiger partial charge on any atom is 0.287 e. The molecule has 110 valence electrons. The van der Waals surface area contributed by atoms with E-state index in [4.69, 9.17) is 9.15 Å². The van der Waals surface area contributed by atoms with E-state index in [1.54, 1.807) is 24.1 Å². The maximum atomic E-state index is 12.0. The van der Waals surface area contributed by atoms with Crippen molar-refractivity contribution in [2.75, 3.05) is 26.7 Å². The molecule has 1 aromatic rings. The van der Waals surface area contributed by atoms with Crippen LogP contribution >= 0.6 is 15.9 Å². The number of amides is 2. The molecule has 1 fully saturated rings. The number of hydrogen-bond donors (Lipinski definition) is 1. The van der Waals surface area contributed by atoms with Gasteiger partial charge in [-0.3, -0.25) is 9.59 Å². The van der Waals surface area contributed by atoms with E-state index >= 15 is 0 Å². The van der Waals surface area contributed by atoms with Crippen LogP contribution in [-0.4, -0.2) is 49.6 Å². The monoisotopic (exact) mass is 344 g/mol. The molecule has 0 atom stereocenters. The highest BCUT2D eigenvalue weighted by Gasteiger charge is 2.23. The second kappa shape index (κ2) is 6.90. The van der Waals surface area contributed by atoms with Gasteiger partial charge in [0.25, 0.3) is 5.91 Å². The number of methoxy groups -OCH3 is 1. The Balaban J connectivity index is 1.76. The molecule has 6 nitrogen and oxygen atoms in total. The topological polar surface area (TPSA) is 71.8 Å². The predicted octanol–water partition coefficient (Wildman–Crippen LogP) is 1.41. The molecule has 0 radical (unpaired) electrons. The molecular formula is C13H17BrN2O4. The molecule has 1 aliphatic heterocycles. The van der Waals surface area contributed by atoms with E-state index in [9.17, 15) is 9.59 Å². The zero-order chi connectivity index (χ0) is 14.5. The SMILES string of the molecule is COC1CCN(C(=O)CNC(=O)c2ccc(Br)o2)CC1. The second-order valence-electron chi connectivity index (χ2n) is 4.60. The van der Waals surface area contributed by atoms with E-state index in [1.807, 2.05) is 0 Å². The number of carbonyl (C=O) groups is 2. The van der Waals surface area contributed by atoms with Crippen molar-refractivity contribution in [2.24, 2.45) is 0 Å². The first kappa shape index (κ1) is 15.1. The molecule has 2 rings (SSSR count). The van der Waals surface area contributed by atoms with E-state index in [0.29, 0.717) is 17.8 Å². The maximum absolute atomic E-state index is 12.0. The summed E-state index contributed by atoms with van der Waals surface area (Å²) in [6, 6.07) is 3.18. The molecule has 2 heterocycles. The van der Waals surface area contributed by atoms with Crippen LogP contribution in [0.4, 0.5) is 0 Å². The van der Waals surface area contributed by atoms with Crippen LogP contribution in [0.25, 0.3) is 0 Å². The van der Waals surface area contributed by atoms with Gasteiger partial charge >= 0.3 is 0 Å². The molecule has 1 saturated heterocycles. The fourth-order valence-electron chi connectivity index (χ4n) is 2.13. The Bertz CT molecular complexity index is 480. The van der Waals surface area contributed by atoms with Crippen LogP contribution in [0.2, 0.25) is 0 Å². The van der Waals surface area contributed by atoms with Gasteiger partial charge in [-0.05, 0) is 40.9 Å². The van der Waals surface area contributed by atoms with Crippen molar-refractivity contribution in [2.45, 2.75) is 18.9 Å². The molecule has 1 N–H and O–H groups in total. The predicted molar refractivity (Wildman–Crippen MR) is 75.4 cm³/mol. The molecule has 0 unspecified atom stereocenters. The molecule has 0 saturated carbocycles. The van der Waals surface area contributed by atoms with Crippen molar-refractivity contribution in [3.63, 3.8) is 0 Å². The molecule has 0 spiro atoms. The van der Waals surface area contributed by atoms with Crippen molar-refractivity contribution >= 4 is 27.7 Å². The van der Waals surface area contributed by atoms with Crippen LogP contribution in [0.3, 0.4) is 0 Å². The summed E-state index contributed by atoms with van der Waals surface area (Å²) in [7, 11) is 1.68. The lowest BCUT2D eigenvalue weighted by molar-refractivity contribution is -0.132. The zero-order valence-electron chi connectivity index (χ0n) is 11.2. The first-order valence-corrected chi connectivity index (χ1v) is 7.23. The lowest BCUT2D eigenvalue weighted by Crippen LogP contribution is -2.45. The molecule has 1 aromatic heterocycles. The largest absolute Gasteiger partial charge is 0.444 e. The Hall–Kier alpha value is -1.34. The average Bonchev–Trinajstić information content (AvgIpc) is 2.91. The summed E-state index contributed by atoms with van der Waals surface area (Å²) >= 11 is 3.12. The summed E-state index contributed by atoms with van der Waals surface area (Å²) < 4.78 is 10.8. The van der Waals surface area contributed by atoms with Gasteiger partial charge in [-0.2, -0.15) is 0 Å². The van der Waals surface area contributed by atoms with Crippen LogP contribution in [-0.2, 0) is 9.53 Å². The minimum Gasteiger partial charge on any atom is -0.444 e. The number of rotatable bonds is 4. The lowest BCUT2D eigenvalue weighted by atomic mass is 10.1. The van der Waals surface area contributed by atoms with Crippen LogP contribution in [0.5, 0.6) is 0 Å². The quantitative estimate of drug-likeness (QED) is 0.896. The Morgan fingerprint density at radius 3 is 2.70 bits per heavy atom. The molecular weight excluding hydrogens is 328 g/mol. The number of hydrogen-bond acceptors (Lipinski definition) is 4. The van der Waals surface area contributed by atoms with Crippen LogP contribution in [0.1, 0.15) is 23.4 Å². The van der Waals surface area contributed by atoms with E-state index < -0.39 is 5.91 Å². The lowest BCUT2D eigenvalue weighted by Gasteiger charge is -2.31. The first-order valence-electron chi connectivity index (χ1n) is 6.44. The van der Waals surface area contributed by atoms with Gasteiger partial charge in [0.1, 0.15) is 0 Å². The van der Waals surface area contributed by atoms with Crippen molar-refractivity contribution in [3.8, 4) is 0 Å². The van der Waals surface area contributed by atoms with Gasteiger partial charge in [-0.15, -0.1) is 0 Å². The van der Waals surface area contributed by atoms with Gasteiger partial charge in [0.2, 0.25) is 5.91 Å². The first-order chi connectivity index (χ1) is 9.60. The number of ether oxygens (including phenoxy) is 1. The van der Waals surface area contributed by atoms with E-state index in [-0.39, 0.29) is 24.3 Å². The standard InChI is InChI=1S/C13H17BrN2O4/c1-19-9-4-6-16(7-5-9)12(17)8-15-13(18)10-2-3-11(14)20-10/h2-3,9H,4-8H2,1H3,(H,15,18). The van der Waals surface area contributed by atoms with Gasteiger partial charge in [0, 0.05) is 20.2 Å². The molecule has 7 heteroatoms. The van der Waals surface area contributed by atoms with Gasteiger partial charge < -0.3 is 19.4 Å². The fraction of sp³-hybridized carbons (Fsp3) is 0.538. The van der Waals surface area contributed by atoms with Gasteiger partial charge in [-0.25, -0.2) is 0 Å². The summed E-state index contributed by atoms with van der Waals surface area (Å²) in [6.07, 6.45) is 1.90. The third-order valence-electron chi connectivity index (χ3n) is 3.33. The number of nitrogens with zero attached hydrogens (tertiary/aromatic N) is 1.